The van der Waals surface area contributed by atoms with Crippen LogP contribution < -0.4 is 11.1 Å². The SMILES string of the molecule is CC(C)(C)CC(=O)Nc1onc(-c2ccncc2)c1-c1ccccc1C(N)=O. The minimum absolute atomic E-state index is 0.176. The van der Waals surface area contributed by atoms with E-state index in [9.17, 15) is 9.59 Å². The van der Waals surface area contributed by atoms with Crippen molar-refractivity contribution in [2.75, 3.05) is 5.32 Å². The van der Waals surface area contributed by atoms with E-state index in [1.807, 2.05) is 20.8 Å². The predicted molar refractivity (Wildman–Crippen MR) is 106 cm³/mol. The first kappa shape index (κ1) is 19.3. The van der Waals surface area contributed by atoms with E-state index in [0.29, 0.717) is 28.8 Å². The molecule has 0 atom stereocenters. The van der Waals surface area contributed by atoms with Crippen molar-refractivity contribution in [2.45, 2.75) is 27.2 Å². The molecule has 2 aromatic heterocycles. The number of primary amides is 1. The van der Waals surface area contributed by atoms with Crippen LogP contribution in [0.4, 0.5) is 5.88 Å². The first-order valence-electron chi connectivity index (χ1n) is 8.85. The molecule has 3 aromatic rings. The number of amides is 2. The Bertz CT molecular complexity index is 1000. The molecule has 0 bridgehead atoms. The summed E-state index contributed by atoms with van der Waals surface area (Å²) in [4.78, 5) is 28.4. The fourth-order valence-corrected chi connectivity index (χ4v) is 2.90. The Morgan fingerprint density at radius 2 is 1.79 bits per heavy atom. The van der Waals surface area contributed by atoms with Crippen molar-refractivity contribution in [1.82, 2.24) is 10.1 Å². The van der Waals surface area contributed by atoms with Crippen LogP contribution in [0.1, 0.15) is 37.6 Å². The van der Waals surface area contributed by atoms with Gasteiger partial charge in [-0.2, -0.15) is 0 Å². The van der Waals surface area contributed by atoms with Gasteiger partial charge in [-0.1, -0.05) is 44.1 Å². The standard InChI is InChI=1S/C21H22N4O3/c1-21(2,3)12-16(26)24-20-17(14-6-4-5-7-15(14)19(22)27)18(25-28-20)13-8-10-23-11-9-13/h4-11H,12H2,1-3H3,(H2,22,27)(H,24,26). The van der Waals surface area contributed by atoms with Crippen LogP contribution in [0.5, 0.6) is 0 Å². The molecule has 0 aliphatic heterocycles. The van der Waals surface area contributed by atoms with Crippen molar-refractivity contribution in [3.8, 4) is 22.4 Å². The third-order valence-corrected chi connectivity index (χ3v) is 4.05. The molecule has 7 heteroatoms. The van der Waals surface area contributed by atoms with E-state index in [1.165, 1.54) is 0 Å². The third-order valence-electron chi connectivity index (χ3n) is 4.05. The van der Waals surface area contributed by atoms with Crippen molar-refractivity contribution in [3.63, 3.8) is 0 Å². The largest absolute Gasteiger partial charge is 0.366 e. The zero-order chi connectivity index (χ0) is 20.3. The van der Waals surface area contributed by atoms with Crippen LogP contribution in [0.3, 0.4) is 0 Å². The van der Waals surface area contributed by atoms with Crippen LogP contribution in [0.15, 0.2) is 53.3 Å². The summed E-state index contributed by atoms with van der Waals surface area (Å²) in [7, 11) is 0. The van der Waals surface area contributed by atoms with E-state index >= 15 is 0 Å². The Morgan fingerprint density at radius 3 is 2.43 bits per heavy atom. The van der Waals surface area contributed by atoms with Gasteiger partial charge in [0.25, 0.3) is 0 Å². The second-order valence-electron chi connectivity index (χ2n) is 7.67. The van der Waals surface area contributed by atoms with Gasteiger partial charge < -0.3 is 10.3 Å². The maximum atomic E-state index is 12.5. The molecule has 0 aliphatic carbocycles. The van der Waals surface area contributed by atoms with Gasteiger partial charge in [0.1, 0.15) is 5.69 Å². The Kier molecular flexibility index (Phi) is 5.26. The van der Waals surface area contributed by atoms with Crippen LogP contribution in [0.25, 0.3) is 22.4 Å². The second-order valence-corrected chi connectivity index (χ2v) is 7.67. The minimum Gasteiger partial charge on any atom is -0.366 e. The van der Waals surface area contributed by atoms with Crippen LogP contribution in [0.2, 0.25) is 0 Å². The summed E-state index contributed by atoms with van der Waals surface area (Å²) in [6, 6.07) is 10.4. The summed E-state index contributed by atoms with van der Waals surface area (Å²) in [6.45, 7) is 5.91. The molecule has 28 heavy (non-hydrogen) atoms. The van der Waals surface area contributed by atoms with E-state index in [4.69, 9.17) is 10.3 Å². The number of carbonyl (C=O) groups is 2. The number of aromatic nitrogens is 2. The number of nitrogens with zero attached hydrogens (tertiary/aromatic N) is 2. The number of benzene rings is 1. The zero-order valence-corrected chi connectivity index (χ0v) is 16.0. The average Bonchev–Trinajstić information content (AvgIpc) is 3.04. The number of rotatable bonds is 5. The molecule has 0 aliphatic rings. The van der Waals surface area contributed by atoms with Gasteiger partial charge >= 0.3 is 0 Å². The van der Waals surface area contributed by atoms with Gasteiger partial charge in [0.05, 0.1) is 5.56 Å². The van der Waals surface area contributed by atoms with Crippen LogP contribution in [0, 0.1) is 5.41 Å². The number of hydrogen-bond acceptors (Lipinski definition) is 5. The molecule has 144 valence electrons. The Hall–Kier alpha value is -3.48. The maximum Gasteiger partial charge on any atom is 0.249 e. The fraction of sp³-hybridized carbons (Fsp3) is 0.238. The van der Waals surface area contributed by atoms with E-state index in [0.717, 1.165) is 5.56 Å². The molecule has 3 N–H and O–H groups in total. The second kappa shape index (κ2) is 7.64. The predicted octanol–water partition coefficient (Wildman–Crippen LogP) is 3.88. The molecule has 1 aromatic carbocycles. The van der Waals surface area contributed by atoms with Crippen molar-refractivity contribution < 1.29 is 14.1 Å². The Labute approximate surface area is 162 Å². The number of nitrogens with two attached hydrogens (primary N) is 1. The molecule has 0 spiro atoms. The molecule has 7 nitrogen and oxygen atoms in total. The van der Waals surface area contributed by atoms with Gasteiger partial charge in [-0.05, 0) is 23.6 Å². The van der Waals surface area contributed by atoms with Crippen LogP contribution in [-0.4, -0.2) is 22.0 Å². The molecular formula is C21H22N4O3. The molecule has 0 fully saturated rings. The maximum absolute atomic E-state index is 12.5. The van der Waals surface area contributed by atoms with E-state index < -0.39 is 5.91 Å². The van der Waals surface area contributed by atoms with Crippen molar-refractivity contribution in [1.29, 1.82) is 0 Å². The highest BCUT2D eigenvalue weighted by molar-refractivity contribution is 6.05. The van der Waals surface area contributed by atoms with E-state index in [1.54, 1.807) is 48.8 Å². The molecular weight excluding hydrogens is 356 g/mol. The number of anilines is 1. The highest BCUT2D eigenvalue weighted by atomic mass is 16.5. The first-order chi connectivity index (χ1) is 13.3. The molecule has 0 radical (unpaired) electrons. The molecule has 2 amide bonds. The summed E-state index contributed by atoms with van der Waals surface area (Å²) in [6.07, 6.45) is 3.56. The van der Waals surface area contributed by atoms with E-state index in [2.05, 4.69) is 15.5 Å². The topological polar surface area (TPSA) is 111 Å². The summed E-state index contributed by atoms with van der Waals surface area (Å²) >= 11 is 0. The summed E-state index contributed by atoms with van der Waals surface area (Å²) in [5, 5.41) is 6.93. The monoisotopic (exact) mass is 378 g/mol. The highest BCUT2D eigenvalue weighted by Crippen LogP contribution is 2.39. The smallest absolute Gasteiger partial charge is 0.249 e. The first-order valence-corrected chi connectivity index (χ1v) is 8.85. The highest BCUT2D eigenvalue weighted by Gasteiger charge is 2.25. The van der Waals surface area contributed by atoms with Crippen molar-refractivity contribution >= 4 is 17.7 Å². The summed E-state index contributed by atoms with van der Waals surface area (Å²) in [5.74, 6) is -0.609. The lowest BCUT2D eigenvalue weighted by atomic mass is 9.92. The van der Waals surface area contributed by atoms with Crippen LogP contribution in [-0.2, 0) is 4.79 Å². The van der Waals surface area contributed by atoms with Gasteiger partial charge in [-0.15, -0.1) is 0 Å². The zero-order valence-electron chi connectivity index (χ0n) is 16.0. The number of carbonyl (C=O) groups excluding carboxylic acids is 2. The minimum atomic E-state index is -0.579. The lowest BCUT2D eigenvalue weighted by Gasteiger charge is -2.17. The van der Waals surface area contributed by atoms with Crippen molar-refractivity contribution in [2.24, 2.45) is 11.1 Å². The molecule has 3 rings (SSSR count). The molecule has 0 saturated heterocycles. The normalized spacial score (nSPS) is 11.2. The Balaban J connectivity index is 2.14. The van der Waals surface area contributed by atoms with Gasteiger partial charge in [-0.25, -0.2) is 0 Å². The summed E-state index contributed by atoms with van der Waals surface area (Å²) in [5.41, 5.74) is 7.95. The molecule has 2 heterocycles. The summed E-state index contributed by atoms with van der Waals surface area (Å²) < 4.78 is 5.47. The fourth-order valence-electron chi connectivity index (χ4n) is 2.90. The molecule has 0 unspecified atom stereocenters. The lowest BCUT2D eigenvalue weighted by molar-refractivity contribution is -0.117. The van der Waals surface area contributed by atoms with Crippen molar-refractivity contribution in [3.05, 3.63) is 54.4 Å². The van der Waals surface area contributed by atoms with Gasteiger partial charge in [0.15, 0.2) is 0 Å². The van der Waals surface area contributed by atoms with Gasteiger partial charge in [0, 0.05) is 35.5 Å². The van der Waals surface area contributed by atoms with Gasteiger partial charge in [0.2, 0.25) is 17.7 Å². The number of hydrogen-bond donors (Lipinski definition) is 2. The van der Waals surface area contributed by atoms with Crippen LogP contribution >= 0.6 is 0 Å². The third kappa shape index (κ3) is 4.25. The number of pyridine rings is 1. The lowest BCUT2D eigenvalue weighted by Crippen LogP contribution is -2.20. The Morgan fingerprint density at radius 1 is 1.11 bits per heavy atom. The van der Waals surface area contributed by atoms with Gasteiger partial charge in [-0.3, -0.25) is 19.9 Å². The molecule has 0 saturated carbocycles. The quantitative estimate of drug-likeness (QED) is 0.700. The average molecular weight is 378 g/mol. The van der Waals surface area contributed by atoms with E-state index in [-0.39, 0.29) is 17.2 Å². The number of nitrogens with one attached hydrogen (secondary N) is 1.